The van der Waals surface area contributed by atoms with Crippen molar-refractivity contribution in [1.29, 1.82) is 0 Å². The smallest absolute Gasteiger partial charge is 0.333 e. The normalized spacial score (nSPS) is 20.3. The third kappa shape index (κ3) is 5.22. The van der Waals surface area contributed by atoms with Crippen LogP contribution in [0.4, 0.5) is 4.79 Å². The molecular formula is C31H31N5O3. The van der Waals surface area contributed by atoms with Gasteiger partial charge in [-0.2, -0.15) is 5.01 Å². The maximum atomic E-state index is 14.1. The van der Waals surface area contributed by atoms with E-state index in [2.05, 4.69) is 11.2 Å². The fourth-order valence-electron chi connectivity index (χ4n) is 5.36. The van der Waals surface area contributed by atoms with Gasteiger partial charge in [0.2, 0.25) is 5.91 Å². The average molecular weight is 522 g/mol. The van der Waals surface area contributed by atoms with Gasteiger partial charge in [0, 0.05) is 6.54 Å². The molecule has 3 aromatic rings. The summed E-state index contributed by atoms with van der Waals surface area (Å²) >= 11 is 0. The summed E-state index contributed by atoms with van der Waals surface area (Å²) in [5.74, 6) is 2.14. The molecule has 0 unspecified atom stereocenters. The molecule has 2 heterocycles. The highest BCUT2D eigenvalue weighted by molar-refractivity contribution is 5.92. The molecule has 3 aromatic carbocycles. The third-order valence-electron chi connectivity index (χ3n) is 7.30. The molecule has 0 bridgehead atoms. The van der Waals surface area contributed by atoms with Gasteiger partial charge in [-0.3, -0.25) is 9.59 Å². The number of rotatable bonds is 6. The zero-order valence-corrected chi connectivity index (χ0v) is 21.8. The van der Waals surface area contributed by atoms with Gasteiger partial charge in [0.15, 0.2) is 0 Å². The number of terminal acetylenes is 1. The van der Waals surface area contributed by atoms with E-state index in [0.29, 0.717) is 12.1 Å². The Labute approximate surface area is 228 Å². The van der Waals surface area contributed by atoms with E-state index < -0.39 is 12.2 Å². The van der Waals surface area contributed by atoms with E-state index in [-0.39, 0.29) is 43.5 Å². The highest BCUT2D eigenvalue weighted by Gasteiger charge is 2.52. The highest BCUT2D eigenvalue weighted by Crippen LogP contribution is 2.38. The van der Waals surface area contributed by atoms with Crippen molar-refractivity contribution < 1.29 is 14.4 Å². The summed E-state index contributed by atoms with van der Waals surface area (Å²) in [5.41, 5.74) is 2.61. The predicted octanol–water partition coefficient (Wildman–Crippen LogP) is 3.56. The van der Waals surface area contributed by atoms with Gasteiger partial charge in [0.1, 0.15) is 12.2 Å². The Balaban J connectivity index is 1.54. The SMILES string of the molecule is C#CCN1CC(=O)N2[C@@H](c3ccccc3)C(=O)N([C@H](C)c3ccccc3)C[C@@H]2N1C(=O)NCc1ccccc1. The van der Waals surface area contributed by atoms with Crippen LogP contribution in [0.2, 0.25) is 0 Å². The molecule has 5 rings (SSSR count). The van der Waals surface area contributed by atoms with Gasteiger partial charge in [-0.25, -0.2) is 9.80 Å². The molecule has 2 saturated heterocycles. The Morgan fingerprint density at radius 3 is 2.23 bits per heavy atom. The number of urea groups is 1. The molecule has 0 spiro atoms. The number of hydrogen-bond acceptors (Lipinski definition) is 4. The number of carbonyl (C=O) groups excluding carboxylic acids is 3. The van der Waals surface area contributed by atoms with E-state index in [4.69, 9.17) is 6.42 Å². The fraction of sp³-hybridized carbons (Fsp3) is 0.258. The van der Waals surface area contributed by atoms with Gasteiger partial charge < -0.3 is 15.1 Å². The van der Waals surface area contributed by atoms with Crippen LogP contribution in [0, 0.1) is 12.3 Å². The fourth-order valence-corrected chi connectivity index (χ4v) is 5.36. The lowest BCUT2D eigenvalue weighted by molar-refractivity contribution is -0.191. The van der Waals surface area contributed by atoms with Crippen LogP contribution >= 0.6 is 0 Å². The van der Waals surface area contributed by atoms with E-state index in [0.717, 1.165) is 11.1 Å². The van der Waals surface area contributed by atoms with Crippen molar-refractivity contribution >= 4 is 17.8 Å². The third-order valence-corrected chi connectivity index (χ3v) is 7.30. The molecule has 1 N–H and O–H groups in total. The first kappa shape index (κ1) is 26.0. The Morgan fingerprint density at radius 1 is 0.974 bits per heavy atom. The van der Waals surface area contributed by atoms with Gasteiger partial charge in [0.25, 0.3) is 5.91 Å². The van der Waals surface area contributed by atoms with E-state index >= 15 is 0 Å². The van der Waals surface area contributed by atoms with Gasteiger partial charge in [-0.15, -0.1) is 6.42 Å². The molecule has 0 saturated carbocycles. The Hall–Kier alpha value is -4.61. The van der Waals surface area contributed by atoms with Gasteiger partial charge in [-0.05, 0) is 23.6 Å². The largest absolute Gasteiger partial charge is 0.334 e. The van der Waals surface area contributed by atoms with Crippen LogP contribution in [0.1, 0.15) is 35.7 Å². The number of nitrogens with one attached hydrogen (secondary N) is 1. The van der Waals surface area contributed by atoms with Crippen molar-refractivity contribution in [2.45, 2.75) is 31.7 Å². The molecule has 2 aliphatic rings. The molecule has 2 aliphatic heterocycles. The molecule has 3 atom stereocenters. The molecule has 198 valence electrons. The second-order valence-electron chi connectivity index (χ2n) is 9.69. The minimum Gasteiger partial charge on any atom is -0.333 e. The summed E-state index contributed by atoms with van der Waals surface area (Å²) in [4.78, 5) is 44.8. The number of benzene rings is 3. The zero-order valence-electron chi connectivity index (χ0n) is 21.8. The van der Waals surface area contributed by atoms with Crippen LogP contribution in [0.15, 0.2) is 91.0 Å². The first-order valence-corrected chi connectivity index (χ1v) is 13.0. The molecule has 0 aliphatic carbocycles. The number of fused-ring (bicyclic) bond motifs is 1. The average Bonchev–Trinajstić information content (AvgIpc) is 2.97. The van der Waals surface area contributed by atoms with E-state index in [9.17, 15) is 14.4 Å². The summed E-state index contributed by atoms with van der Waals surface area (Å²) in [6, 6.07) is 27.1. The minimum absolute atomic E-state index is 0.0764. The van der Waals surface area contributed by atoms with Crippen molar-refractivity contribution in [1.82, 2.24) is 25.1 Å². The lowest BCUT2D eigenvalue weighted by atomic mass is 9.96. The number of carbonyl (C=O) groups is 3. The second kappa shape index (κ2) is 11.4. The number of nitrogens with zero attached hydrogens (tertiary/aromatic N) is 4. The van der Waals surface area contributed by atoms with Crippen molar-refractivity contribution in [2.24, 2.45) is 0 Å². The topological polar surface area (TPSA) is 76.2 Å². The van der Waals surface area contributed by atoms with E-state index in [1.165, 1.54) is 5.01 Å². The highest BCUT2D eigenvalue weighted by atomic mass is 16.2. The Morgan fingerprint density at radius 2 is 1.59 bits per heavy atom. The zero-order chi connectivity index (χ0) is 27.4. The van der Waals surface area contributed by atoms with Gasteiger partial charge in [0.05, 0.1) is 25.7 Å². The number of hydrazine groups is 1. The van der Waals surface area contributed by atoms with Crippen LogP contribution < -0.4 is 5.32 Å². The summed E-state index contributed by atoms with van der Waals surface area (Å²) in [5, 5.41) is 6.10. The molecule has 2 fully saturated rings. The number of hydrogen-bond donors (Lipinski definition) is 1. The predicted molar refractivity (Wildman–Crippen MR) is 147 cm³/mol. The van der Waals surface area contributed by atoms with Crippen LogP contribution in [0.3, 0.4) is 0 Å². The first-order valence-electron chi connectivity index (χ1n) is 13.0. The van der Waals surface area contributed by atoms with Crippen LogP contribution in [0.25, 0.3) is 0 Å². The maximum Gasteiger partial charge on any atom is 0.334 e. The summed E-state index contributed by atoms with van der Waals surface area (Å²) in [6.07, 6.45) is 4.91. The van der Waals surface area contributed by atoms with Crippen molar-refractivity contribution in [3.05, 3.63) is 108 Å². The molecular weight excluding hydrogens is 490 g/mol. The van der Waals surface area contributed by atoms with Crippen LogP contribution in [0.5, 0.6) is 0 Å². The Kier molecular flexibility index (Phi) is 7.62. The summed E-state index contributed by atoms with van der Waals surface area (Å²) < 4.78 is 0. The van der Waals surface area contributed by atoms with Crippen molar-refractivity contribution in [2.75, 3.05) is 19.6 Å². The molecule has 8 nitrogen and oxygen atoms in total. The summed E-state index contributed by atoms with van der Waals surface area (Å²) in [6.45, 7) is 2.39. The minimum atomic E-state index is -0.874. The van der Waals surface area contributed by atoms with E-state index in [1.54, 1.807) is 14.8 Å². The molecule has 0 aromatic heterocycles. The molecule has 4 amide bonds. The lowest BCUT2D eigenvalue weighted by Crippen LogP contribution is -2.74. The second-order valence-corrected chi connectivity index (χ2v) is 9.69. The first-order chi connectivity index (χ1) is 19.0. The quantitative estimate of drug-likeness (QED) is 0.504. The van der Waals surface area contributed by atoms with Gasteiger partial charge >= 0.3 is 6.03 Å². The summed E-state index contributed by atoms with van der Waals surface area (Å²) in [7, 11) is 0. The van der Waals surface area contributed by atoms with Crippen LogP contribution in [-0.2, 0) is 16.1 Å². The van der Waals surface area contributed by atoms with Crippen LogP contribution in [-0.4, -0.2) is 63.5 Å². The Bertz CT molecular complexity index is 1360. The number of amides is 4. The monoisotopic (exact) mass is 521 g/mol. The molecule has 39 heavy (non-hydrogen) atoms. The lowest BCUT2D eigenvalue weighted by Gasteiger charge is -2.55. The maximum absolute atomic E-state index is 14.1. The van der Waals surface area contributed by atoms with E-state index in [1.807, 2.05) is 97.9 Å². The molecule has 0 radical (unpaired) electrons. The van der Waals surface area contributed by atoms with Crippen molar-refractivity contribution in [3.63, 3.8) is 0 Å². The van der Waals surface area contributed by atoms with Crippen molar-refractivity contribution in [3.8, 4) is 12.3 Å². The standard InChI is InChI=1S/C31H31N5O3/c1-3-19-33-22-28(37)35-27(36(33)31(39)32-20-24-13-7-4-8-14-24)21-34(23(2)25-15-9-5-10-16-25)30(38)29(35)26-17-11-6-12-18-26/h1,4-18,23,27,29H,19-22H2,2H3,(H,32,39)/t23-,27+,29+/m1/s1. The molecule has 8 heteroatoms. The van der Waals surface area contributed by atoms with Gasteiger partial charge in [-0.1, -0.05) is 96.9 Å². The number of piperazine rings is 1.